The van der Waals surface area contributed by atoms with E-state index in [2.05, 4.69) is 12.2 Å². The van der Waals surface area contributed by atoms with Gasteiger partial charge in [-0.1, -0.05) is 55.2 Å². The maximum atomic E-state index is 13.1. The molecule has 0 fully saturated rings. The molecule has 2 heterocycles. The summed E-state index contributed by atoms with van der Waals surface area (Å²) in [4.78, 5) is 25.6. The minimum Gasteiger partial charge on any atom is -0.453 e. The number of hydrogen-bond donors (Lipinski definition) is 1. The molecule has 0 aliphatic heterocycles. The summed E-state index contributed by atoms with van der Waals surface area (Å²) in [5.74, 6) is 0.221. The molecule has 0 saturated heterocycles. The van der Waals surface area contributed by atoms with Gasteiger partial charge in [0, 0.05) is 24.5 Å². The fraction of sp³-hybridized carbons (Fsp3) is 0.217. The van der Waals surface area contributed by atoms with Crippen LogP contribution in [0.4, 0.5) is 11.4 Å². The summed E-state index contributed by atoms with van der Waals surface area (Å²) >= 11 is 1.49. The van der Waals surface area contributed by atoms with Crippen molar-refractivity contribution in [3.63, 3.8) is 0 Å². The summed E-state index contributed by atoms with van der Waals surface area (Å²) in [7, 11) is 0. The van der Waals surface area contributed by atoms with Crippen LogP contribution in [0.15, 0.2) is 63.8 Å². The molecule has 0 atom stereocenters. The molecule has 0 aliphatic carbocycles. The molecule has 0 spiro atoms. The standard InChI is InChI=1S/C23H22N2O3S/c1-3-4-12-25-23(27)21(22(29-25)16-8-6-5-7-9-16)24-18-10-11-19-17(13-18)14-20(28-19)15(2)26/h5-11,13-14,24H,3-4,12H2,1-2H3. The van der Waals surface area contributed by atoms with E-state index in [0.717, 1.165) is 34.4 Å². The van der Waals surface area contributed by atoms with Crippen LogP contribution in [-0.4, -0.2) is 9.74 Å². The lowest BCUT2D eigenvalue weighted by Crippen LogP contribution is -2.15. The van der Waals surface area contributed by atoms with E-state index in [0.29, 0.717) is 23.6 Å². The highest BCUT2D eigenvalue weighted by Crippen LogP contribution is 2.33. The fourth-order valence-corrected chi connectivity index (χ4v) is 4.29. The zero-order chi connectivity index (χ0) is 20.4. The number of nitrogens with zero attached hydrogens (tertiary/aromatic N) is 1. The first kappa shape index (κ1) is 19.2. The lowest BCUT2D eigenvalue weighted by Gasteiger charge is -2.06. The first-order valence-corrected chi connectivity index (χ1v) is 10.4. The SMILES string of the molecule is CCCCn1sc(-c2ccccc2)c(Nc2ccc3oc(C(C)=O)cc3c2)c1=O. The Hall–Kier alpha value is -3.12. The van der Waals surface area contributed by atoms with E-state index in [1.807, 2.05) is 52.5 Å². The number of nitrogens with one attached hydrogen (secondary N) is 1. The number of anilines is 2. The van der Waals surface area contributed by atoms with Crippen LogP contribution in [0, 0.1) is 0 Å². The van der Waals surface area contributed by atoms with E-state index in [-0.39, 0.29) is 11.3 Å². The topological polar surface area (TPSA) is 64.2 Å². The van der Waals surface area contributed by atoms with E-state index >= 15 is 0 Å². The second-order valence-corrected chi connectivity index (χ2v) is 8.00. The molecule has 2 aromatic carbocycles. The normalized spacial score (nSPS) is 11.1. The lowest BCUT2D eigenvalue weighted by atomic mass is 10.1. The van der Waals surface area contributed by atoms with Crippen molar-refractivity contribution in [3.8, 4) is 10.4 Å². The van der Waals surface area contributed by atoms with E-state index < -0.39 is 0 Å². The van der Waals surface area contributed by atoms with Crippen LogP contribution in [0.2, 0.25) is 0 Å². The smallest absolute Gasteiger partial charge is 0.284 e. The van der Waals surface area contributed by atoms with Gasteiger partial charge in [-0.3, -0.25) is 13.5 Å². The van der Waals surface area contributed by atoms with Crippen molar-refractivity contribution in [1.82, 2.24) is 3.96 Å². The zero-order valence-electron chi connectivity index (χ0n) is 16.4. The molecule has 0 radical (unpaired) electrons. The van der Waals surface area contributed by atoms with Crippen molar-refractivity contribution in [1.29, 1.82) is 0 Å². The van der Waals surface area contributed by atoms with Gasteiger partial charge < -0.3 is 9.73 Å². The Morgan fingerprint density at radius 3 is 2.66 bits per heavy atom. The van der Waals surface area contributed by atoms with Crippen molar-refractivity contribution < 1.29 is 9.21 Å². The van der Waals surface area contributed by atoms with Gasteiger partial charge in [-0.05, 0) is 36.2 Å². The largest absolute Gasteiger partial charge is 0.453 e. The summed E-state index contributed by atoms with van der Waals surface area (Å²) in [5, 5.41) is 4.14. The minimum atomic E-state index is -0.112. The Morgan fingerprint density at radius 1 is 1.14 bits per heavy atom. The second-order valence-electron chi connectivity index (χ2n) is 6.97. The van der Waals surface area contributed by atoms with Crippen LogP contribution in [0.3, 0.4) is 0 Å². The Balaban J connectivity index is 1.75. The average molecular weight is 407 g/mol. The van der Waals surface area contributed by atoms with Crippen LogP contribution >= 0.6 is 11.5 Å². The molecule has 4 rings (SSSR count). The molecular weight excluding hydrogens is 384 g/mol. The molecule has 0 bridgehead atoms. The highest BCUT2D eigenvalue weighted by molar-refractivity contribution is 7.10. The van der Waals surface area contributed by atoms with Crippen molar-refractivity contribution in [2.24, 2.45) is 0 Å². The number of carbonyl (C=O) groups is 1. The Labute approximate surface area is 172 Å². The van der Waals surface area contributed by atoms with Crippen LogP contribution in [0.1, 0.15) is 37.2 Å². The monoisotopic (exact) mass is 406 g/mol. The summed E-state index contributed by atoms with van der Waals surface area (Å²) in [6.07, 6.45) is 1.99. The van der Waals surface area contributed by atoms with Gasteiger partial charge in [-0.15, -0.1) is 0 Å². The van der Waals surface area contributed by atoms with E-state index in [4.69, 9.17) is 4.42 Å². The number of unbranched alkanes of at least 4 members (excludes halogenated alkanes) is 1. The molecule has 5 nitrogen and oxygen atoms in total. The van der Waals surface area contributed by atoms with E-state index in [1.54, 1.807) is 6.07 Å². The summed E-state index contributed by atoms with van der Waals surface area (Å²) < 4.78 is 7.38. The lowest BCUT2D eigenvalue weighted by molar-refractivity contribution is 0.0989. The maximum absolute atomic E-state index is 13.1. The van der Waals surface area contributed by atoms with Crippen molar-refractivity contribution >= 4 is 39.7 Å². The van der Waals surface area contributed by atoms with Gasteiger partial charge in [0.1, 0.15) is 11.3 Å². The van der Waals surface area contributed by atoms with Crippen LogP contribution < -0.4 is 10.9 Å². The number of hydrogen-bond acceptors (Lipinski definition) is 5. The molecular formula is C23H22N2O3S. The molecule has 6 heteroatoms. The van der Waals surface area contributed by atoms with Crippen LogP contribution in [-0.2, 0) is 6.54 Å². The molecule has 0 aliphatic rings. The van der Waals surface area contributed by atoms with Crippen LogP contribution in [0.5, 0.6) is 0 Å². The minimum absolute atomic E-state index is 0.0148. The summed E-state index contributed by atoms with van der Waals surface area (Å²) in [5.41, 5.74) is 3.00. The molecule has 0 amide bonds. The van der Waals surface area contributed by atoms with Crippen molar-refractivity contribution in [2.45, 2.75) is 33.2 Å². The highest BCUT2D eigenvalue weighted by atomic mass is 32.1. The quantitative estimate of drug-likeness (QED) is 0.378. The predicted molar refractivity (Wildman–Crippen MR) is 118 cm³/mol. The van der Waals surface area contributed by atoms with E-state index in [1.165, 1.54) is 18.5 Å². The Kier molecular flexibility index (Phi) is 5.36. The molecule has 4 aromatic rings. The number of ketones is 1. The van der Waals surface area contributed by atoms with Gasteiger partial charge in [0.15, 0.2) is 11.5 Å². The van der Waals surface area contributed by atoms with Crippen LogP contribution in [0.25, 0.3) is 21.4 Å². The number of aryl methyl sites for hydroxylation is 1. The maximum Gasteiger partial charge on any atom is 0.284 e. The first-order chi connectivity index (χ1) is 14.1. The molecule has 29 heavy (non-hydrogen) atoms. The highest BCUT2D eigenvalue weighted by Gasteiger charge is 2.17. The zero-order valence-corrected chi connectivity index (χ0v) is 17.2. The molecule has 0 saturated carbocycles. The number of furan rings is 1. The average Bonchev–Trinajstić information content (AvgIpc) is 3.29. The third-order valence-electron chi connectivity index (χ3n) is 4.75. The third-order valence-corrected chi connectivity index (χ3v) is 5.94. The number of aromatic nitrogens is 1. The van der Waals surface area contributed by atoms with Crippen molar-refractivity contribution in [2.75, 3.05) is 5.32 Å². The van der Waals surface area contributed by atoms with Gasteiger partial charge in [0.05, 0.1) is 4.88 Å². The Bertz CT molecular complexity index is 1220. The molecule has 1 N–H and O–H groups in total. The van der Waals surface area contributed by atoms with Gasteiger partial charge >= 0.3 is 0 Å². The number of rotatable bonds is 7. The molecule has 0 unspecified atom stereocenters. The van der Waals surface area contributed by atoms with Crippen molar-refractivity contribution in [3.05, 3.63) is 70.7 Å². The molecule has 148 valence electrons. The third kappa shape index (κ3) is 3.89. The van der Waals surface area contributed by atoms with Gasteiger partial charge in [-0.25, -0.2) is 0 Å². The number of carbonyl (C=O) groups excluding carboxylic acids is 1. The van der Waals surface area contributed by atoms with Gasteiger partial charge in [0.25, 0.3) is 5.56 Å². The number of benzene rings is 2. The summed E-state index contributed by atoms with van der Waals surface area (Å²) in [6.45, 7) is 4.31. The first-order valence-electron chi connectivity index (χ1n) is 9.68. The predicted octanol–water partition coefficient (Wildman–Crippen LogP) is 6.07. The molecule has 2 aromatic heterocycles. The number of Topliss-reactive ketones (excluding diaryl/α,β-unsaturated/α-hetero) is 1. The fourth-order valence-electron chi connectivity index (χ4n) is 3.20. The van der Waals surface area contributed by atoms with Gasteiger partial charge in [0.2, 0.25) is 0 Å². The number of fused-ring (bicyclic) bond motifs is 1. The summed E-state index contributed by atoms with van der Waals surface area (Å²) in [6, 6.07) is 17.2. The Morgan fingerprint density at radius 2 is 1.93 bits per heavy atom. The van der Waals surface area contributed by atoms with Gasteiger partial charge in [-0.2, -0.15) is 0 Å². The van der Waals surface area contributed by atoms with E-state index in [9.17, 15) is 9.59 Å². The second kappa shape index (κ2) is 8.09.